The average molecular weight is 301 g/mol. The summed E-state index contributed by atoms with van der Waals surface area (Å²) in [5, 5.41) is 0. The van der Waals surface area contributed by atoms with E-state index in [1.807, 2.05) is 13.0 Å². The summed E-state index contributed by atoms with van der Waals surface area (Å²) in [6.45, 7) is 8.85. The first-order chi connectivity index (χ1) is 10.8. The molecule has 3 fully saturated rings. The third-order valence-electron chi connectivity index (χ3n) is 5.29. The van der Waals surface area contributed by atoms with Gasteiger partial charge in [0.15, 0.2) is 0 Å². The van der Waals surface area contributed by atoms with Gasteiger partial charge in [-0.3, -0.25) is 9.88 Å². The van der Waals surface area contributed by atoms with Gasteiger partial charge in [0.05, 0.1) is 18.4 Å². The molecule has 4 rings (SSSR count). The summed E-state index contributed by atoms with van der Waals surface area (Å²) < 4.78 is 6.14. The molecule has 4 heteroatoms. The van der Waals surface area contributed by atoms with Crippen LogP contribution < -0.4 is 0 Å². The topological polar surface area (TPSA) is 28.6 Å². The second kappa shape index (κ2) is 6.26. The number of hydrogen-bond acceptors (Lipinski definition) is 4. The molecule has 1 aromatic rings. The predicted octanol–water partition coefficient (Wildman–Crippen LogP) is 2.08. The molecule has 0 bridgehead atoms. The zero-order valence-corrected chi connectivity index (χ0v) is 13.6. The Hall–Kier alpha value is -0.970. The van der Waals surface area contributed by atoms with Crippen LogP contribution in [0.2, 0.25) is 0 Å². The largest absolute Gasteiger partial charge is 0.371 e. The zero-order chi connectivity index (χ0) is 14.9. The molecule has 1 aromatic heterocycles. The zero-order valence-electron chi connectivity index (χ0n) is 13.6. The van der Waals surface area contributed by atoms with Crippen LogP contribution in [0.15, 0.2) is 18.2 Å². The average Bonchev–Trinajstić information content (AvgIpc) is 3.22. The SMILES string of the molecule is Cc1cccc(CO[C@H]2C[C@@H]3CN(CC4CC4)CCN3C2)n1. The third-order valence-corrected chi connectivity index (χ3v) is 5.29. The van der Waals surface area contributed by atoms with Gasteiger partial charge < -0.3 is 9.64 Å². The lowest BCUT2D eigenvalue weighted by atomic mass is 10.1. The number of hydrogen-bond donors (Lipinski definition) is 0. The molecule has 3 heterocycles. The highest BCUT2D eigenvalue weighted by molar-refractivity contribution is 5.09. The molecule has 0 spiro atoms. The Kier molecular flexibility index (Phi) is 4.16. The lowest BCUT2D eigenvalue weighted by Gasteiger charge is -2.37. The number of rotatable bonds is 5. The molecule has 2 saturated heterocycles. The number of fused-ring (bicyclic) bond motifs is 1. The van der Waals surface area contributed by atoms with E-state index in [1.165, 1.54) is 45.4 Å². The first-order valence-corrected chi connectivity index (χ1v) is 8.77. The van der Waals surface area contributed by atoms with Crippen molar-refractivity contribution in [3.63, 3.8) is 0 Å². The molecule has 1 aliphatic carbocycles. The maximum atomic E-state index is 6.14. The van der Waals surface area contributed by atoms with Gasteiger partial charge in [-0.25, -0.2) is 0 Å². The van der Waals surface area contributed by atoms with Gasteiger partial charge in [0.25, 0.3) is 0 Å². The van der Waals surface area contributed by atoms with Crippen LogP contribution in [0.3, 0.4) is 0 Å². The summed E-state index contributed by atoms with van der Waals surface area (Å²) in [7, 11) is 0. The van der Waals surface area contributed by atoms with Gasteiger partial charge in [-0.1, -0.05) is 6.07 Å². The lowest BCUT2D eigenvalue weighted by molar-refractivity contribution is 0.0440. The van der Waals surface area contributed by atoms with Crippen LogP contribution in [0.25, 0.3) is 0 Å². The Morgan fingerprint density at radius 3 is 2.95 bits per heavy atom. The van der Waals surface area contributed by atoms with Crippen molar-refractivity contribution in [2.24, 2.45) is 5.92 Å². The van der Waals surface area contributed by atoms with Crippen LogP contribution >= 0.6 is 0 Å². The van der Waals surface area contributed by atoms with Crippen molar-refractivity contribution in [1.82, 2.24) is 14.8 Å². The summed E-state index contributed by atoms with van der Waals surface area (Å²) in [6.07, 6.45) is 4.49. The Morgan fingerprint density at radius 2 is 2.14 bits per heavy atom. The minimum atomic E-state index is 0.383. The summed E-state index contributed by atoms with van der Waals surface area (Å²) >= 11 is 0. The fraction of sp³-hybridized carbons (Fsp3) is 0.722. The maximum Gasteiger partial charge on any atom is 0.0892 e. The van der Waals surface area contributed by atoms with Gasteiger partial charge in [-0.2, -0.15) is 0 Å². The first kappa shape index (κ1) is 14.6. The lowest BCUT2D eigenvalue weighted by Crippen LogP contribution is -2.50. The number of nitrogens with zero attached hydrogens (tertiary/aromatic N) is 3. The molecule has 3 aliphatic rings. The Bertz CT molecular complexity index is 517. The molecule has 0 radical (unpaired) electrons. The van der Waals surface area contributed by atoms with Gasteiger partial charge in [0.1, 0.15) is 0 Å². The van der Waals surface area contributed by atoms with Crippen molar-refractivity contribution in [3.8, 4) is 0 Å². The predicted molar refractivity (Wildman–Crippen MR) is 86.7 cm³/mol. The van der Waals surface area contributed by atoms with Gasteiger partial charge in [-0.15, -0.1) is 0 Å². The van der Waals surface area contributed by atoms with E-state index in [9.17, 15) is 0 Å². The number of aromatic nitrogens is 1. The van der Waals surface area contributed by atoms with Crippen molar-refractivity contribution < 1.29 is 4.74 Å². The monoisotopic (exact) mass is 301 g/mol. The summed E-state index contributed by atoms with van der Waals surface area (Å²) in [6, 6.07) is 6.87. The second-order valence-corrected chi connectivity index (χ2v) is 7.29. The van der Waals surface area contributed by atoms with Crippen molar-refractivity contribution >= 4 is 0 Å². The fourth-order valence-corrected chi connectivity index (χ4v) is 3.90. The molecule has 1 saturated carbocycles. The Labute approximate surface area is 133 Å². The first-order valence-electron chi connectivity index (χ1n) is 8.77. The van der Waals surface area contributed by atoms with E-state index in [2.05, 4.69) is 26.9 Å². The van der Waals surface area contributed by atoms with Crippen LogP contribution in [0.4, 0.5) is 0 Å². The third kappa shape index (κ3) is 3.50. The molecule has 0 N–H and O–H groups in total. The van der Waals surface area contributed by atoms with E-state index in [1.54, 1.807) is 0 Å². The van der Waals surface area contributed by atoms with Gasteiger partial charge in [-0.05, 0) is 44.2 Å². The summed E-state index contributed by atoms with van der Waals surface area (Å²) in [5.41, 5.74) is 2.13. The van der Waals surface area contributed by atoms with Crippen LogP contribution in [-0.2, 0) is 11.3 Å². The van der Waals surface area contributed by atoms with Gasteiger partial charge in [0.2, 0.25) is 0 Å². The van der Waals surface area contributed by atoms with E-state index in [4.69, 9.17) is 4.74 Å². The number of ether oxygens (including phenoxy) is 1. The second-order valence-electron chi connectivity index (χ2n) is 7.29. The van der Waals surface area contributed by atoms with Crippen molar-refractivity contribution in [2.45, 2.75) is 44.9 Å². The molecule has 120 valence electrons. The summed E-state index contributed by atoms with van der Waals surface area (Å²) in [4.78, 5) is 9.85. The fourth-order valence-electron chi connectivity index (χ4n) is 3.90. The van der Waals surface area contributed by atoms with E-state index >= 15 is 0 Å². The Balaban J connectivity index is 1.27. The standard InChI is InChI=1S/C18H27N3O/c1-14-3-2-4-16(19-14)13-22-18-9-17-11-20(10-15-5-6-15)7-8-21(17)12-18/h2-4,15,17-18H,5-13H2,1H3/t17-,18+/m1/s1. The van der Waals surface area contributed by atoms with E-state index < -0.39 is 0 Å². The van der Waals surface area contributed by atoms with Gasteiger partial charge >= 0.3 is 0 Å². The molecule has 22 heavy (non-hydrogen) atoms. The molecule has 2 atom stereocenters. The highest BCUT2D eigenvalue weighted by Crippen LogP contribution is 2.32. The highest BCUT2D eigenvalue weighted by Gasteiger charge is 2.37. The molecule has 0 amide bonds. The minimum absolute atomic E-state index is 0.383. The van der Waals surface area contributed by atoms with Crippen molar-refractivity contribution in [1.29, 1.82) is 0 Å². The number of pyridine rings is 1. The van der Waals surface area contributed by atoms with E-state index in [-0.39, 0.29) is 0 Å². The quantitative estimate of drug-likeness (QED) is 0.832. The minimum Gasteiger partial charge on any atom is -0.371 e. The van der Waals surface area contributed by atoms with Crippen molar-refractivity contribution in [3.05, 3.63) is 29.6 Å². The molecule has 0 unspecified atom stereocenters. The van der Waals surface area contributed by atoms with Crippen LogP contribution in [0.5, 0.6) is 0 Å². The highest BCUT2D eigenvalue weighted by atomic mass is 16.5. The summed E-state index contributed by atoms with van der Waals surface area (Å²) in [5.74, 6) is 1.01. The molecule has 4 nitrogen and oxygen atoms in total. The van der Waals surface area contributed by atoms with Crippen LogP contribution in [0, 0.1) is 12.8 Å². The number of piperazine rings is 1. The smallest absolute Gasteiger partial charge is 0.0892 e. The molecule has 2 aliphatic heterocycles. The van der Waals surface area contributed by atoms with Crippen molar-refractivity contribution in [2.75, 3.05) is 32.7 Å². The molecular formula is C18H27N3O. The molecular weight excluding hydrogens is 274 g/mol. The Morgan fingerprint density at radius 1 is 1.23 bits per heavy atom. The van der Waals surface area contributed by atoms with Crippen LogP contribution in [0.1, 0.15) is 30.7 Å². The van der Waals surface area contributed by atoms with E-state index in [0.29, 0.717) is 18.8 Å². The van der Waals surface area contributed by atoms with Gasteiger partial charge in [0, 0.05) is 44.5 Å². The van der Waals surface area contributed by atoms with Crippen LogP contribution in [-0.4, -0.2) is 59.7 Å². The molecule has 0 aromatic carbocycles. The van der Waals surface area contributed by atoms with E-state index in [0.717, 1.165) is 23.9 Å². The maximum absolute atomic E-state index is 6.14. The number of aryl methyl sites for hydroxylation is 1. The normalized spacial score (nSPS) is 29.7.